The molecule has 0 saturated heterocycles. The Balaban J connectivity index is 1.77. The lowest BCUT2D eigenvalue weighted by atomic mass is 10.1. The molecule has 0 bridgehead atoms. The number of nitrogens with one attached hydrogen (secondary N) is 1. The quantitative estimate of drug-likeness (QED) is 0.295. The second-order valence-corrected chi connectivity index (χ2v) is 5.69. The molecule has 0 amide bonds. The summed E-state index contributed by atoms with van der Waals surface area (Å²) in [5.41, 5.74) is 4.83. The van der Waals surface area contributed by atoms with Gasteiger partial charge in [-0.1, -0.05) is 11.6 Å². The summed E-state index contributed by atoms with van der Waals surface area (Å²) in [6, 6.07) is 13.4. The standard InChI is InChI=1S/C18H15ClN4O3/c1-2-26-16-8-3-12-9-13(18(19)21-17(12)10-16)11-20-22-14-4-6-15(7-5-14)23(24)25/h3-11,22H,2H2,1H3/b20-11+. The molecule has 0 aliphatic rings. The maximum atomic E-state index is 10.6. The highest BCUT2D eigenvalue weighted by molar-refractivity contribution is 6.32. The summed E-state index contributed by atoms with van der Waals surface area (Å²) >= 11 is 6.22. The number of fused-ring (bicyclic) bond motifs is 1. The van der Waals surface area contributed by atoms with Gasteiger partial charge < -0.3 is 4.74 Å². The molecular weight excluding hydrogens is 356 g/mol. The van der Waals surface area contributed by atoms with Crippen LogP contribution in [-0.2, 0) is 0 Å². The van der Waals surface area contributed by atoms with E-state index in [1.807, 2.05) is 31.2 Å². The number of halogens is 1. The van der Waals surface area contributed by atoms with Crippen LogP contribution in [0.15, 0.2) is 53.6 Å². The average Bonchev–Trinajstić information content (AvgIpc) is 2.63. The first kappa shape index (κ1) is 17.6. The summed E-state index contributed by atoms with van der Waals surface area (Å²) in [6.07, 6.45) is 1.55. The molecule has 0 unspecified atom stereocenters. The predicted octanol–water partition coefficient (Wildman–Crippen LogP) is 4.64. The predicted molar refractivity (Wildman–Crippen MR) is 102 cm³/mol. The fourth-order valence-electron chi connectivity index (χ4n) is 2.32. The van der Waals surface area contributed by atoms with E-state index in [1.54, 1.807) is 18.3 Å². The summed E-state index contributed by atoms with van der Waals surface area (Å²) in [5, 5.41) is 16.0. The van der Waals surface area contributed by atoms with E-state index < -0.39 is 4.92 Å². The van der Waals surface area contributed by atoms with Crippen LogP contribution >= 0.6 is 11.6 Å². The number of nitro groups is 1. The van der Waals surface area contributed by atoms with Gasteiger partial charge in [-0.3, -0.25) is 15.5 Å². The average molecular weight is 371 g/mol. The van der Waals surface area contributed by atoms with Crippen LogP contribution in [0, 0.1) is 10.1 Å². The van der Waals surface area contributed by atoms with Crippen molar-refractivity contribution in [1.82, 2.24) is 4.98 Å². The first-order valence-electron chi connectivity index (χ1n) is 7.83. The molecule has 132 valence electrons. The molecule has 1 aromatic heterocycles. The minimum Gasteiger partial charge on any atom is -0.494 e. The second-order valence-electron chi connectivity index (χ2n) is 5.33. The molecule has 1 heterocycles. The monoisotopic (exact) mass is 370 g/mol. The Morgan fingerprint density at radius 2 is 2.04 bits per heavy atom. The zero-order valence-corrected chi connectivity index (χ0v) is 14.6. The van der Waals surface area contributed by atoms with Crippen LogP contribution in [-0.4, -0.2) is 22.7 Å². The number of nitrogens with zero attached hydrogens (tertiary/aromatic N) is 3. The number of aromatic nitrogens is 1. The first-order valence-corrected chi connectivity index (χ1v) is 8.21. The number of hydrogen-bond donors (Lipinski definition) is 1. The molecule has 26 heavy (non-hydrogen) atoms. The van der Waals surface area contributed by atoms with Gasteiger partial charge in [-0.05, 0) is 37.3 Å². The van der Waals surface area contributed by atoms with Gasteiger partial charge in [0.15, 0.2) is 0 Å². The fraction of sp³-hybridized carbons (Fsp3) is 0.111. The van der Waals surface area contributed by atoms with Crippen molar-refractivity contribution in [1.29, 1.82) is 0 Å². The molecule has 3 aromatic rings. The van der Waals surface area contributed by atoms with Gasteiger partial charge in [0.25, 0.3) is 5.69 Å². The lowest BCUT2D eigenvalue weighted by Gasteiger charge is -2.06. The maximum Gasteiger partial charge on any atom is 0.269 e. The van der Waals surface area contributed by atoms with Gasteiger partial charge in [0.1, 0.15) is 10.9 Å². The largest absolute Gasteiger partial charge is 0.494 e. The van der Waals surface area contributed by atoms with Crippen molar-refractivity contribution in [3.8, 4) is 5.75 Å². The van der Waals surface area contributed by atoms with E-state index in [4.69, 9.17) is 16.3 Å². The minimum atomic E-state index is -0.454. The van der Waals surface area contributed by atoms with E-state index in [0.29, 0.717) is 23.0 Å². The molecule has 0 aliphatic heterocycles. The Labute approximate surface area is 154 Å². The number of ether oxygens (including phenoxy) is 1. The summed E-state index contributed by atoms with van der Waals surface area (Å²) in [7, 11) is 0. The highest BCUT2D eigenvalue weighted by Crippen LogP contribution is 2.23. The van der Waals surface area contributed by atoms with Crippen molar-refractivity contribution in [2.75, 3.05) is 12.0 Å². The van der Waals surface area contributed by atoms with E-state index in [2.05, 4.69) is 15.5 Å². The Morgan fingerprint density at radius 1 is 1.27 bits per heavy atom. The van der Waals surface area contributed by atoms with Crippen molar-refractivity contribution < 1.29 is 9.66 Å². The Morgan fingerprint density at radius 3 is 2.73 bits per heavy atom. The van der Waals surface area contributed by atoms with Crippen molar-refractivity contribution in [3.63, 3.8) is 0 Å². The number of hydrogen-bond acceptors (Lipinski definition) is 6. The van der Waals surface area contributed by atoms with Crippen LogP contribution < -0.4 is 10.2 Å². The molecule has 8 heteroatoms. The smallest absolute Gasteiger partial charge is 0.269 e. The van der Waals surface area contributed by atoms with Crippen LogP contribution in [0.1, 0.15) is 12.5 Å². The fourth-order valence-corrected chi connectivity index (χ4v) is 2.52. The number of rotatable bonds is 6. The van der Waals surface area contributed by atoms with Crippen LogP contribution in [0.5, 0.6) is 5.75 Å². The van der Waals surface area contributed by atoms with E-state index in [1.165, 1.54) is 12.1 Å². The highest BCUT2D eigenvalue weighted by atomic mass is 35.5. The molecule has 0 fully saturated rings. The van der Waals surface area contributed by atoms with Crippen molar-refractivity contribution >= 4 is 40.1 Å². The van der Waals surface area contributed by atoms with Gasteiger partial charge >= 0.3 is 0 Å². The summed E-state index contributed by atoms with van der Waals surface area (Å²) in [5.74, 6) is 0.741. The Kier molecular flexibility index (Phi) is 5.28. The first-order chi connectivity index (χ1) is 12.6. The van der Waals surface area contributed by atoms with E-state index in [9.17, 15) is 10.1 Å². The van der Waals surface area contributed by atoms with E-state index in [0.717, 1.165) is 16.7 Å². The zero-order valence-electron chi connectivity index (χ0n) is 13.8. The van der Waals surface area contributed by atoms with Crippen molar-refractivity contribution in [3.05, 3.63) is 69.4 Å². The maximum absolute atomic E-state index is 10.6. The van der Waals surface area contributed by atoms with E-state index in [-0.39, 0.29) is 5.69 Å². The van der Waals surface area contributed by atoms with Crippen molar-refractivity contribution in [2.45, 2.75) is 6.92 Å². The minimum absolute atomic E-state index is 0.0210. The van der Waals surface area contributed by atoms with Gasteiger partial charge in [0, 0.05) is 29.1 Å². The number of nitro benzene ring substituents is 1. The van der Waals surface area contributed by atoms with Gasteiger partial charge in [-0.15, -0.1) is 0 Å². The SMILES string of the molecule is CCOc1ccc2cc(/C=N/Nc3ccc([N+](=O)[O-])cc3)c(Cl)nc2c1. The number of pyridine rings is 1. The number of anilines is 1. The Hall–Kier alpha value is -3.19. The summed E-state index contributed by atoms with van der Waals surface area (Å²) < 4.78 is 5.46. The molecule has 0 radical (unpaired) electrons. The molecule has 0 atom stereocenters. The summed E-state index contributed by atoms with van der Waals surface area (Å²) in [4.78, 5) is 14.6. The van der Waals surface area contributed by atoms with E-state index >= 15 is 0 Å². The van der Waals surface area contributed by atoms with Gasteiger partial charge in [0.2, 0.25) is 0 Å². The van der Waals surface area contributed by atoms with Crippen LogP contribution in [0.2, 0.25) is 5.15 Å². The molecule has 0 spiro atoms. The van der Waals surface area contributed by atoms with Crippen LogP contribution in [0.4, 0.5) is 11.4 Å². The summed E-state index contributed by atoms with van der Waals surface area (Å²) in [6.45, 7) is 2.50. The Bertz CT molecular complexity index is 974. The third-order valence-corrected chi connectivity index (χ3v) is 3.86. The molecule has 7 nitrogen and oxygen atoms in total. The molecule has 0 aliphatic carbocycles. The normalized spacial score (nSPS) is 11.0. The molecule has 2 aromatic carbocycles. The number of non-ortho nitro benzene ring substituents is 1. The molecular formula is C18H15ClN4O3. The highest BCUT2D eigenvalue weighted by Gasteiger charge is 2.06. The van der Waals surface area contributed by atoms with Gasteiger partial charge in [0.05, 0.1) is 28.9 Å². The van der Waals surface area contributed by atoms with Crippen LogP contribution in [0.3, 0.4) is 0 Å². The third kappa shape index (κ3) is 4.07. The molecule has 0 saturated carbocycles. The topological polar surface area (TPSA) is 89.6 Å². The van der Waals surface area contributed by atoms with Crippen LogP contribution in [0.25, 0.3) is 10.9 Å². The van der Waals surface area contributed by atoms with Gasteiger partial charge in [-0.2, -0.15) is 5.10 Å². The zero-order chi connectivity index (χ0) is 18.5. The molecule has 1 N–H and O–H groups in total. The second kappa shape index (κ2) is 7.79. The lowest BCUT2D eigenvalue weighted by Crippen LogP contribution is -1.95. The van der Waals surface area contributed by atoms with Crippen molar-refractivity contribution in [2.24, 2.45) is 5.10 Å². The number of benzene rings is 2. The lowest BCUT2D eigenvalue weighted by molar-refractivity contribution is -0.384. The molecule has 3 rings (SSSR count). The number of hydrazone groups is 1. The third-order valence-electron chi connectivity index (χ3n) is 3.56. The van der Waals surface area contributed by atoms with Gasteiger partial charge in [-0.25, -0.2) is 4.98 Å².